The number of benzene rings is 2. The highest BCUT2D eigenvalue weighted by Crippen LogP contribution is 2.31. The Morgan fingerprint density at radius 1 is 1.32 bits per heavy atom. The predicted molar refractivity (Wildman–Crippen MR) is 94.5 cm³/mol. The van der Waals surface area contributed by atoms with Crippen molar-refractivity contribution in [3.05, 3.63) is 58.1 Å². The van der Waals surface area contributed by atoms with Gasteiger partial charge in [0, 0.05) is 21.9 Å². The molecule has 2 aromatic rings. The fourth-order valence-corrected chi connectivity index (χ4v) is 3.29. The number of rotatable bonds is 3. The van der Waals surface area contributed by atoms with Crippen molar-refractivity contribution < 1.29 is 4.79 Å². The van der Waals surface area contributed by atoms with Gasteiger partial charge in [0.15, 0.2) is 0 Å². The van der Waals surface area contributed by atoms with Gasteiger partial charge in [-0.3, -0.25) is 4.79 Å². The first kappa shape index (κ1) is 15.1. The number of aryl methyl sites for hydroxylation is 1. The Morgan fingerprint density at radius 2 is 2.09 bits per heavy atom. The van der Waals surface area contributed by atoms with E-state index in [1.54, 1.807) is 0 Å². The summed E-state index contributed by atoms with van der Waals surface area (Å²) in [5, 5.41) is 3.22. The van der Waals surface area contributed by atoms with Crippen molar-refractivity contribution in [2.75, 3.05) is 16.8 Å². The minimum absolute atomic E-state index is 0.106. The lowest BCUT2D eigenvalue weighted by atomic mass is 10.1. The zero-order valence-corrected chi connectivity index (χ0v) is 14.4. The summed E-state index contributed by atoms with van der Waals surface area (Å²) in [6.07, 6.45) is 0.929. The highest BCUT2D eigenvalue weighted by atomic mass is 79.9. The number of carbonyl (C=O) groups excluding carboxylic acids is 1. The molecule has 0 aliphatic carbocycles. The van der Waals surface area contributed by atoms with Crippen LogP contribution in [0.15, 0.2) is 46.9 Å². The molecule has 0 saturated heterocycles. The van der Waals surface area contributed by atoms with Gasteiger partial charge in [-0.2, -0.15) is 0 Å². The maximum atomic E-state index is 12.6. The van der Waals surface area contributed by atoms with Crippen molar-refractivity contribution in [2.24, 2.45) is 0 Å². The highest BCUT2D eigenvalue weighted by molar-refractivity contribution is 9.10. The fraction of sp³-hybridized carbons (Fsp3) is 0.278. The lowest BCUT2D eigenvalue weighted by Crippen LogP contribution is -2.39. The van der Waals surface area contributed by atoms with Crippen molar-refractivity contribution in [2.45, 2.75) is 26.3 Å². The van der Waals surface area contributed by atoms with Crippen LogP contribution >= 0.6 is 15.9 Å². The number of halogens is 1. The summed E-state index contributed by atoms with van der Waals surface area (Å²) in [4.78, 5) is 14.5. The molecule has 1 aliphatic heterocycles. The summed E-state index contributed by atoms with van der Waals surface area (Å²) in [7, 11) is 0. The first-order valence-corrected chi connectivity index (χ1v) is 8.25. The smallest absolute Gasteiger partial charge is 0.246 e. The average Bonchev–Trinajstić information content (AvgIpc) is 2.84. The molecule has 2 aromatic carbocycles. The third-order valence-electron chi connectivity index (χ3n) is 4.09. The predicted octanol–water partition coefficient (Wildman–Crippen LogP) is 4.15. The summed E-state index contributed by atoms with van der Waals surface area (Å²) >= 11 is 3.51. The summed E-state index contributed by atoms with van der Waals surface area (Å²) in [5.41, 5.74) is 4.43. The van der Waals surface area contributed by atoms with E-state index in [-0.39, 0.29) is 11.9 Å². The number of fused-ring (bicyclic) bond motifs is 1. The van der Waals surface area contributed by atoms with Crippen molar-refractivity contribution in [3.63, 3.8) is 0 Å². The SMILES string of the molecule is Cc1ccc(NCC(=O)N2c3ccccc3CC2C)cc1Br. The minimum Gasteiger partial charge on any atom is -0.376 e. The molecule has 3 nitrogen and oxygen atoms in total. The molecule has 1 amide bonds. The van der Waals surface area contributed by atoms with E-state index in [2.05, 4.69) is 34.2 Å². The molecule has 22 heavy (non-hydrogen) atoms. The Bertz CT molecular complexity index is 714. The van der Waals surface area contributed by atoms with Gasteiger partial charge < -0.3 is 10.2 Å². The lowest BCUT2D eigenvalue weighted by molar-refractivity contribution is -0.117. The van der Waals surface area contributed by atoms with Gasteiger partial charge >= 0.3 is 0 Å². The topological polar surface area (TPSA) is 32.3 Å². The zero-order valence-electron chi connectivity index (χ0n) is 12.8. The van der Waals surface area contributed by atoms with Crippen LogP contribution in [0, 0.1) is 6.92 Å². The van der Waals surface area contributed by atoms with Gasteiger partial charge in [-0.15, -0.1) is 0 Å². The second-order valence-electron chi connectivity index (χ2n) is 5.76. The van der Waals surface area contributed by atoms with Gasteiger partial charge in [-0.25, -0.2) is 0 Å². The molecule has 0 spiro atoms. The Labute approximate surface area is 139 Å². The number of carbonyl (C=O) groups is 1. The van der Waals surface area contributed by atoms with Gasteiger partial charge in [-0.1, -0.05) is 40.2 Å². The molecule has 114 valence electrons. The zero-order chi connectivity index (χ0) is 15.7. The molecule has 4 heteroatoms. The number of hydrogen-bond acceptors (Lipinski definition) is 2. The van der Waals surface area contributed by atoms with E-state index >= 15 is 0 Å². The van der Waals surface area contributed by atoms with Gasteiger partial charge in [0.2, 0.25) is 5.91 Å². The summed E-state index contributed by atoms with van der Waals surface area (Å²) in [5.74, 6) is 0.106. The van der Waals surface area contributed by atoms with E-state index in [0.29, 0.717) is 6.54 Å². The molecule has 0 aromatic heterocycles. The first-order valence-electron chi connectivity index (χ1n) is 7.46. The number of nitrogens with zero attached hydrogens (tertiary/aromatic N) is 1. The Kier molecular flexibility index (Phi) is 4.21. The quantitative estimate of drug-likeness (QED) is 0.893. The molecule has 1 N–H and O–H groups in total. The van der Waals surface area contributed by atoms with Crippen molar-refractivity contribution >= 4 is 33.2 Å². The monoisotopic (exact) mass is 358 g/mol. The van der Waals surface area contributed by atoms with Gasteiger partial charge in [0.25, 0.3) is 0 Å². The molecular formula is C18H19BrN2O. The molecule has 1 heterocycles. The summed E-state index contributed by atoms with van der Waals surface area (Å²) in [6, 6.07) is 14.4. The first-order chi connectivity index (χ1) is 10.6. The van der Waals surface area contributed by atoms with Crippen LogP contribution in [-0.4, -0.2) is 18.5 Å². The number of amides is 1. The van der Waals surface area contributed by atoms with E-state index in [1.807, 2.05) is 48.2 Å². The molecule has 3 rings (SSSR count). The Morgan fingerprint density at radius 3 is 2.86 bits per heavy atom. The second kappa shape index (κ2) is 6.13. The molecule has 1 aliphatic rings. The normalized spacial score (nSPS) is 16.5. The second-order valence-corrected chi connectivity index (χ2v) is 6.62. The largest absolute Gasteiger partial charge is 0.376 e. The van der Waals surface area contributed by atoms with Crippen LogP contribution in [0.2, 0.25) is 0 Å². The van der Waals surface area contributed by atoms with E-state index in [9.17, 15) is 4.79 Å². The van der Waals surface area contributed by atoms with E-state index < -0.39 is 0 Å². The van der Waals surface area contributed by atoms with Crippen molar-refractivity contribution in [1.29, 1.82) is 0 Å². The van der Waals surface area contributed by atoms with Crippen molar-refractivity contribution in [1.82, 2.24) is 0 Å². The third-order valence-corrected chi connectivity index (χ3v) is 4.95. The fourth-order valence-electron chi connectivity index (χ4n) is 2.91. The van der Waals surface area contributed by atoms with Gasteiger partial charge in [0.1, 0.15) is 0 Å². The maximum absolute atomic E-state index is 12.6. The molecular weight excluding hydrogens is 340 g/mol. The highest BCUT2D eigenvalue weighted by Gasteiger charge is 2.30. The van der Waals surface area contributed by atoms with Gasteiger partial charge in [-0.05, 0) is 49.6 Å². The molecule has 0 fully saturated rings. The third kappa shape index (κ3) is 2.88. The molecule has 1 atom stereocenters. The van der Waals surface area contributed by atoms with Crippen molar-refractivity contribution in [3.8, 4) is 0 Å². The Balaban J connectivity index is 1.71. The van der Waals surface area contributed by atoms with Crippen LogP contribution < -0.4 is 10.2 Å². The van der Waals surface area contributed by atoms with Crippen LogP contribution in [0.25, 0.3) is 0 Å². The molecule has 0 bridgehead atoms. The number of hydrogen-bond donors (Lipinski definition) is 1. The average molecular weight is 359 g/mol. The lowest BCUT2D eigenvalue weighted by Gasteiger charge is -2.23. The number of anilines is 2. The van der Waals surface area contributed by atoms with E-state index in [0.717, 1.165) is 22.3 Å². The standard InChI is InChI=1S/C18H19BrN2O/c1-12-7-8-15(10-16(12)19)20-11-18(22)21-13(2)9-14-5-3-4-6-17(14)21/h3-8,10,13,20H,9,11H2,1-2H3. The number of nitrogens with one attached hydrogen (secondary N) is 1. The van der Waals surface area contributed by atoms with E-state index in [4.69, 9.17) is 0 Å². The van der Waals surface area contributed by atoms with Gasteiger partial charge in [0.05, 0.1) is 6.54 Å². The molecule has 0 radical (unpaired) electrons. The summed E-state index contributed by atoms with van der Waals surface area (Å²) in [6.45, 7) is 4.44. The van der Waals surface area contributed by atoms with Crippen LogP contribution in [-0.2, 0) is 11.2 Å². The maximum Gasteiger partial charge on any atom is 0.246 e. The van der Waals surface area contributed by atoms with Crippen LogP contribution in [0.5, 0.6) is 0 Å². The summed E-state index contributed by atoms with van der Waals surface area (Å²) < 4.78 is 1.05. The van der Waals surface area contributed by atoms with Crippen LogP contribution in [0.4, 0.5) is 11.4 Å². The van der Waals surface area contributed by atoms with Crippen LogP contribution in [0.1, 0.15) is 18.1 Å². The number of para-hydroxylation sites is 1. The molecule has 1 unspecified atom stereocenters. The Hall–Kier alpha value is -1.81. The molecule has 0 saturated carbocycles. The van der Waals surface area contributed by atoms with E-state index in [1.165, 1.54) is 11.1 Å². The minimum atomic E-state index is 0.106. The van der Waals surface area contributed by atoms with Crippen LogP contribution in [0.3, 0.4) is 0 Å².